The topological polar surface area (TPSA) is 19.0 Å². The molecule has 17 heavy (non-hydrogen) atoms. The van der Waals surface area contributed by atoms with Crippen molar-refractivity contribution >= 4 is 10.9 Å². The SMILES string of the molecule is Cc1ccc2[nH]cc(CCN3CCCC3)c2c1. The summed E-state index contributed by atoms with van der Waals surface area (Å²) in [6, 6.07) is 6.65. The number of hydrogen-bond acceptors (Lipinski definition) is 1. The molecule has 0 spiro atoms. The quantitative estimate of drug-likeness (QED) is 0.855. The number of nitrogens with one attached hydrogen (secondary N) is 1. The van der Waals surface area contributed by atoms with E-state index < -0.39 is 0 Å². The monoisotopic (exact) mass is 228 g/mol. The highest BCUT2D eigenvalue weighted by atomic mass is 15.1. The van der Waals surface area contributed by atoms with E-state index in [2.05, 4.69) is 41.2 Å². The Bertz CT molecular complexity index is 507. The zero-order chi connectivity index (χ0) is 11.7. The van der Waals surface area contributed by atoms with Crippen LogP contribution in [-0.2, 0) is 6.42 Å². The molecule has 0 amide bonds. The standard InChI is InChI=1S/C15H20N2/c1-12-4-5-15-14(10-12)13(11-16-15)6-9-17-7-2-3-8-17/h4-5,10-11,16H,2-3,6-9H2,1H3. The molecular formula is C15H20N2. The molecule has 1 N–H and O–H groups in total. The maximum Gasteiger partial charge on any atom is 0.0456 e. The molecule has 0 bridgehead atoms. The molecule has 0 radical (unpaired) electrons. The molecule has 0 unspecified atom stereocenters. The van der Waals surface area contributed by atoms with E-state index in [4.69, 9.17) is 0 Å². The number of likely N-dealkylation sites (tertiary alicyclic amines) is 1. The second-order valence-electron chi connectivity index (χ2n) is 5.16. The Morgan fingerprint density at radius 3 is 2.88 bits per heavy atom. The van der Waals surface area contributed by atoms with Crippen molar-refractivity contribution in [3.05, 3.63) is 35.5 Å². The number of H-pyrrole nitrogens is 1. The summed E-state index contributed by atoms with van der Waals surface area (Å²) in [5, 5.41) is 1.41. The highest BCUT2D eigenvalue weighted by Crippen LogP contribution is 2.20. The van der Waals surface area contributed by atoms with Gasteiger partial charge in [-0.25, -0.2) is 0 Å². The third kappa shape index (κ3) is 2.22. The number of fused-ring (bicyclic) bond motifs is 1. The Labute approximate surface area is 103 Å². The van der Waals surface area contributed by atoms with Crippen LogP contribution >= 0.6 is 0 Å². The van der Waals surface area contributed by atoms with Gasteiger partial charge in [0, 0.05) is 23.6 Å². The van der Waals surface area contributed by atoms with Crippen LogP contribution in [-0.4, -0.2) is 29.5 Å². The first-order valence-corrected chi connectivity index (χ1v) is 6.62. The van der Waals surface area contributed by atoms with Crippen LogP contribution in [0.15, 0.2) is 24.4 Å². The molecule has 2 nitrogen and oxygen atoms in total. The van der Waals surface area contributed by atoms with Crippen molar-refractivity contribution in [3.8, 4) is 0 Å². The third-order valence-corrected chi connectivity index (χ3v) is 3.82. The molecule has 1 saturated heterocycles. The van der Waals surface area contributed by atoms with Gasteiger partial charge in [-0.1, -0.05) is 11.6 Å². The van der Waals surface area contributed by atoms with Crippen molar-refractivity contribution in [1.82, 2.24) is 9.88 Å². The number of rotatable bonds is 3. The van der Waals surface area contributed by atoms with Gasteiger partial charge in [-0.15, -0.1) is 0 Å². The van der Waals surface area contributed by atoms with Crippen LogP contribution in [0, 0.1) is 6.92 Å². The molecule has 1 aliphatic rings. The molecule has 2 heteroatoms. The van der Waals surface area contributed by atoms with E-state index in [1.807, 2.05) is 0 Å². The molecule has 0 atom stereocenters. The minimum absolute atomic E-state index is 1.17. The third-order valence-electron chi connectivity index (χ3n) is 3.82. The molecule has 1 aromatic heterocycles. The minimum atomic E-state index is 1.17. The van der Waals surface area contributed by atoms with Crippen molar-refractivity contribution in [3.63, 3.8) is 0 Å². The summed E-state index contributed by atoms with van der Waals surface area (Å²) >= 11 is 0. The van der Waals surface area contributed by atoms with Gasteiger partial charge in [-0.3, -0.25) is 0 Å². The van der Waals surface area contributed by atoms with Crippen LogP contribution in [0.25, 0.3) is 10.9 Å². The molecule has 2 aromatic rings. The summed E-state index contributed by atoms with van der Waals surface area (Å²) in [6.07, 6.45) is 6.11. The molecule has 0 saturated carbocycles. The van der Waals surface area contributed by atoms with Gasteiger partial charge in [-0.05, 0) is 57.0 Å². The zero-order valence-electron chi connectivity index (χ0n) is 10.5. The normalized spacial score (nSPS) is 17.0. The van der Waals surface area contributed by atoms with Crippen molar-refractivity contribution < 1.29 is 0 Å². The Morgan fingerprint density at radius 2 is 2.06 bits per heavy atom. The number of benzene rings is 1. The van der Waals surface area contributed by atoms with Crippen molar-refractivity contribution in [2.45, 2.75) is 26.2 Å². The maximum atomic E-state index is 3.37. The van der Waals surface area contributed by atoms with Crippen LogP contribution in [0.1, 0.15) is 24.0 Å². The Kier molecular flexibility index (Phi) is 2.89. The lowest BCUT2D eigenvalue weighted by Gasteiger charge is -2.13. The van der Waals surface area contributed by atoms with Gasteiger partial charge < -0.3 is 9.88 Å². The lowest BCUT2D eigenvalue weighted by atomic mass is 10.1. The van der Waals surface area contributed by atoms with Gasteiger partial charge in [0.05, 0.1) is 0 Å². The van der Waals surface area contributed by atoms with Gasteiger partial charge in [-0.2, -0.15) is 0 Å². The summed E-state index contributed by atoms with van der Waals surface area (Å²) in [4.78, 5) is 5.95. The van der Waals surface area contributed by atoms with Gasteiger partial charge in [0.2, 0.25) is 0 Å². The average Bonchev–Trinajstić information content (AvgIpc) is 2.94. The van der Waals surface area contributed by atoms with Crippen LogP contribution in [0.2, 0.25) is 0 Å². The summed E-state index contributed by atoms with van der Waals surface area (Å²) in [7, 11) is 0. The van der Waals surface area contributed by atoms with Crippen molar-refractivity contribution in [1.29, 1.82) is 0 Å². The average molecular weight is 228 g/mol. The second kappa shape index (κ2) is 4.53. The highest BCUT2D eigenvalue weighted by Gasteiger charge is 2.12. The summed E-state index contributed by atoms with van der Waals surface area (Å²) in [5.41, 5.74) is 4.09. The number of nitrogens with zero attached hydrogens (tertiary/aromatic N) is 1. The smallest absolute Gasteiger partial charge is 0.0456 e. The number of aromatic amines is 1. The molecule has 1 fully saturated rings. The van der Waals surface area contributed by atoms with Crippen molar-refractivity contribution in [2.24, 2.45) is 0 Å². The fraction of sp³-hybridized carbons (Fsp3) is 0.467. The van der Waals surface area contributed by atoms with Gasteiger partial charge in [0.15, 0.2) is 0 Å². The lowest BCUT2D eigenvalue weighted by Crippen LogP contribution is -2.21. The van der Waals surface area contributed by atoms with Gasteiger partial charge in [0.1, 0.15) is 0 Å². The zero-order valence-corrected chi connectivity index (χ0v) is 10.5. The van der Waals surface area contributed by atoms with Crippen molar-refractivity contribution in [2.75, 3.05) is 19.6 Å². The fourth-order valence-electron chi connectivity index (χ4n) is 2.78. The molecule has 1 aromatic carbocycles. The predicted molar refractivity (Wildman–Crippen MR) is 72.4 cm³/mol. The van der Waals surface area contributed by atoms with Crippen LogP contribution < -0.4 is 0 Å². The molecular weight excluding hydrogens is 208 g/mol. The molecule has 90 valence electrons. The van der Waals surface area contributed by atoms with Crippen LogP contribution in [0.4, 0.5) is 0 Å². The van der Waals surface area contributed by atoms with Crippen LogP contribution in [0.3, 0.4) is 0 Å². The molecule has 2 heterocycles. The predicted octanol–water partition coefficient (Wildman–Crippen LogP) is 3.11. The van der Waals surface area contributed by atoms with Gasteiger partial charge in [0.25, 0.3) is 0 Å². The maximum absolute atomic E-state index is 3.37. The van der Waals surface area contributed by atoms with E-state index in [-0.39, 0.29) is 0 Å². The van der Waals surface area contributed by atoms with E-state index in [1.165, 1.54) is 60.9 Å². The number of hydrogen-bond donors (Lipinski definition) is 1. The lowest BCUT2D eigenvalue weighted by molar-refractivity contribution is 0.344. The number of aromatic nitrogens is 1. The first-order chi connectivity index (χ1) is 8.33. The van der Waals surface area contributed by atoms with E-state index in [0.29, 0.717) is 0 Å². The molecule has 1 aliphatic heterocycles. The van der Waals surface area contributed by atoms with E-state index in [0.717, 1.165) is 0 Å². The fourth-order valence-corrected chi connectivity index (χ4v) is 2.78. The summed E-state index contributed by atoms with van der Waals surface area (Å²) in [5.74, 6) is 0. The van der Waals surface area contributed by atoms with E-state index in [9.17, 15) is 0 Å². The van der Waals surface area contributed by atoms with E-state index in [1.54, 1.807) is 0 Å². The second-order valence-corrected chi connectivity index (χ2v) is 5.16. The molecule has 3 rings (SSSR count). The minimum Gasteiger partial charge on any atom is -0.361 e. The Balaban J connectivity index is 1.77. The first kappa shape index (κ1) is 10.8. The number of aryl methyl sites for hydroxylation is 1. The van der Waals surface area contributed by atoms with E-state index >= 15 is 0 Å². The van der Waals surface area contributed by atoms with Crippen LogP contribution in [0.5, 0.6) is 0 Å². The first-order valence-electron chi connectivity index (χ1n) is 6.62. The Hall–Kier alpha value is -1.28. The summed E-state index contributed by atoms with van der Waals surface area (Å²) < 4.78 is 0. The largest absolute Gasteiger partial charge is 0.361 e. The summed E-state index contributed by atoms with van der Waals surface area (Å²) in [6.45, 7) is 5.96. The highest BCUT2D eigenvalue weighted by molar-refractivity contribution is 5.83. The Morgan fingerprint density at radius 1 is 1.24 bits per heavy atom. The van der Waals surface area contributed by atoms with Gasteiger partial charge >= 0.3 is 0 Å². The molecule has 0 aliphatic carbocycles.